The van der Waals surface area contributed by atoms with Crippen LogP contribution < -0.4 is 5.43 Å². The molecule has 0 aliphatic heterocycles. The van der Waals surface area contributed by atoms with Crippen LogP contribution in [0.25, 0.3) is 11.1 Å². The van der Waals surface area contributed by atoms with Crippen molar-refractivity contribution in [3.05, 3.63) is 56.9 Å². The Labute approximate surface area is 112 Å². The summed E-state index contributed by atoms with van der Waals surface area (Å²) < 4.78 is 2.47. The van der Waals surface area contributed by atoms with E-state index in [1.807, 2.05) is 12.1 Å². The number of pyridine rings is 1. The van der Waals surface area contributed by atoms with Crippen molar-refractivity contribution in [3.63, 3.8) is 0 Å². The lowest BCUT2D eigenvalue weighted by molar-refractivity contribution is 0.0694. The Morgan fingerprint density at radius 2 is 1.83 bits per heavy atom. The first-order chi connectivity index (χ1) is 8.49. The second kappa shape index (κ2) is 4.78. The zero-order valence-electron chi connectivity index (χ0n) is 9.55. The van der Waals surface area contributed by atoms with E-state index in [9.17, 15) is 9.59 Å². The number of hydrogen-bond acceptors (Lipinski definition) is 2. The summed E-state index contributed by atoms with van der Waals surface area (Å²) in [5.41, 5.74) is 0.382. The normalized spacial score (nSPS) is 10.3. The SMILES string of the molecule is Cn1cc(C(=O)O)c(=O)c(-c2ccc(Br)cc2)c1. The van der Waals surface area contributed by atoms with E-state index < -0.39 is 11.4 Å². The largest absolute Gasteiger partial charge is 0.477 e. The van der Waals surface area contributed by atoms with Gasteiger partial charge in [0.15, 0.2) is 0 Å². The molecule has 1 heterocycles. The minimum absolute atomic E-state index is 0.224. The summed E-state index contributed by atoms with van der Waals surface area (Å²) in [4.78, 5) is 23.0. The van der Waals surface area contributed by atoms with E-state index in [2.05, 4.69) is 15.9 Å². The topological polar surface area (TPSA) is 59.3 Å². The van der Waals surface area contributed by atoms with Gasteiger partial charge >= 0.3 is 5.97 Å². The van der Waals surface area contributed by atoms with Crippen molar-refractivity contribution in [2.75, 3.05) is 0 Å². The molecule has 0 radical (unpaired) electrons. The summed E-state index contributed by atoms with van der Waals surface area (Å²) in [6, 6.07) is 7.16. The highest BCUT2D eigenvalue weighted by Crippen LogP contribution is 2.19. The lowest BCUT2D eigenvalue weighted by Gasteiger charge is -2.06. The van der Waals surface area contributed by atoms with Crippen LogP contribution in [0.4, 0.5) is 0 Å². The van der Waals surface area contributed by atoms with Crippen LogP contribution in [0.1, 0.15) is 10.4 Å². The van der Waals surface area contributed by atoms with Crippen molar-refractivity contribution in [2.24, 2.45) is 7.05 Å². The number of carboxylic acid groups (broad SMARTS) is 1. The molecule has 1 aromatic heterocycles. The van der Waals surface area contributed by atoms with Gasteiger partial charge in [-0.25, -0.2) is 4.79 Å². The zero-order valence-corrected chi connectivity index (χ0v) is 11.1. The van der Waals surface area contributed by atoms with E-state index in [0.717, 1.165) is 4.47 Å². The van der Waals surface area contributed by atoms with E-state index in [0.29, 0.717) is 11.1 Å². The smallest absolute Gasteiger partial charge is 0.341 e. The van der Waals surface area contributed by atoms with E-state index >= 15 is 0 Å². The fourth-order valence-electron chi connectivity index (χ4n) is 1.69. The third kappa shape index (κ3) is 2.36. The zero-order chi connectivity index (χ0) is 13.3. The number of aromatic carboxylic acids is 1. The number of carboxylic acids is 1. The maximum Gasteiger partial charge on any atom is 0.341 e. The molecule has 0 unspecified atom stereocenters. The highest BCUT2D eigenvalue weighted by molar-refractivity contribution is 9.10. The minimum Gasteiger partial charge on any atom is -0.477 e. The maximum atomic E-state index is 12.0. The Bertz CT molecular complexity index is 659. The van der Waals surface area contributed by atoms with Crippen LogP contribution in [-0.2, 0) is 7.05 Å². The van der Waals surface area contributed by atoms with Crippen LogP contribution in [0.5, 0.6) is 0 Å². The number of aromatic nitrogens is 1. The molecule has 4 nitrogen and oxygen atoms in total. The predicted molar refractivity (Wildman–Crippen MR) is 71.8 cm³/mol. The number of nitrogens with zero attached hydrogens (tertiary/aromatic N) is 1. The van der Waals surface area contributed by atoms with Gasteiger partial charge in [-0.3, -0.25) is 4.79 Å². The third-order valence-electron chi connectivity index (χ3n) is 2.54. The molecule has 0 amide bonds. The molecule has 0 fully saturated rings. The van der Waals surface area contributed by atoms with Gasteiger partial charge in [0, 0.05) is 29.5 Å². The number of aryl methyl sites for hydroxylation is 1. The van der Waals surface area contributed by atoms with Crippen molar-refractivity contribution in [3.8, 4) is 11.1 Å². The van der Waals surface area contributed by atoms with Gasteiger partial charge in [-0.1, -0.05) is 28.1 Å². The van der Waals surface area contributed by atoms with Crippen LogP contribution in [0, 0.1) is 0 Å². The van der Waals surface area contributed by atoms with Crippen LogP contribution in [0.2, 0.25) is 0 Å². The van der Waals surface area contributed by atoms with Gasteiger partial charge in [-0.15, -0.1) is 0 Å². The third-order valence-corrected chi connectivity index (χ3v) is 3.07. The summed E-state index contributed by atoms with van der Waals surface area (Å²) in [5, 5.41) is 8.98. The lowest BCUT2D eigenvalue weighted by Crippen LogP contribution is -2.18. The fourth-order valence-corrected chi connectivity index (χ4v) is 1.96. The number of halogens is 1. The van der Waals surface area contributed by atoms with Gasteiger partial charge in [-0.05, 0) is 17.7 Å². The molecule has 2 rings (SSSR count). The quantitative estimate of drug-likeness (QED) is 0.927. The fraction of sp³-hybridized carbons (Fsp3) is 0.0769. The maximum absolute atomic E-state index is 12.0. The molecule has 1 N–H and O–H groups in total. The van der Waals surface area contributed by atoms with Crippen molar-refractivity contribution in [2.45, 2.75) is 0 Å². The average molecular weight is 308 g/mol. The Hall–Kier alpha value is -1.88. The number of carbonyl (C=O) groups is 1. The Morgan fingerprint density at radius 1 is 1.22 bits per heavy atom. The van der Waals surface area contributed by atoms with E-state index in [1.165, 1.54) is 6.20 Å². The van der Waals surface area contributed by atoms with Crippen LogP contribution in [0.15, 0.2) is 45.9 Å². The van der Waals surface area contributed by atoms with Crippen LogP contribution in [-0.4, -0.2) is 15.6 Å². The van der Waals surface area contributed by atoms with Gasteiger partial charge < -0.3 is 9.67 Å². The van der Waals surface area contributed by atoms with E-state index in [-0.39, 0.29) is 5.56 Å². The molecule has 0 atom stereocenters. The lowest BCUT2D eigenvalue weighted by atomic mass is 10.1. The summed E-state index contributed by atoms with van der Waals surface area (Å²) in [6.45, 7) is 0. The van der Waals surface area contributed by atoms with E-state index in [4.69, 9.17) is 5.11 Å². The predicted octanol–water partition coefficient (Wildman–Crippen LogP) is 2.51. The van der Waals surface area contributed by atoms with Crippen LogP contribution in [0.3, 0.4) is 0 Å². The minimum atomic E-state index is -1.21. The van der Waals surface area contributed by atoms with Crippen molar-refractivity contribution in [1.29, 1.82) is 0 Å². The van der Waals surface area contributed by atoms with Crippen molar-refractivity contribution < 1.29 is 9.90 Å². The van der Waals surface area contributed by atoms with Crippen molar-refractivity contribution in [1.82, 2.24) is 4.57 Å². The first-order valence-corrected chi connectivity index (χ1v) is 5.98. The highest BCUT2D eigenvalue weighted by Gasteiger charge is 2.13. The summed E-state index contributed by atoms with van der Waals surface area (Å²) >= 11 is 3.31. The number of rotatable bonds is 2. The molecule has 18 heavy (non-hydrogen) atoms. The molecule has 5 heteroatoms. The van der Waals surface area contributed by atoms with Gasteiger partial charge in [0.2, 0.25) is 5.43 Å². The van der Waals surface area contributed by atoms with Gasteiger partial charge in [0.25, 0.3) is 0 Å². The van der Waals surface area contributed by atoms with Gasteiger partial charge in [-0.2, -0.15) is 0 Å². The second-order valence-corrected chi connectivity index (χ2v) is 4.81. The monoisotopic (exact) mass is 307 g/mol. The van der Waals surface area contributed by atoms with Crippen molar-refractivity contribution >= 4 is 21.9 Å². The molecular formula is C13H10BrNO3. The summed E-state index contributed by atoms with van der Waals surface area (Å²) in [6.07, 6.45) is 2.94. The molecule has 0 aliphatic carbocycles. The molecule has 1 aromatic carbocycles. The highest BCUT2D eigenvalue weighted by atomic mass is 79.9. The van der Waals surface area contributed by atoms with E-state index in [1.54, 1.807) is 29.9 Å². The van der Waals surface area contributed by atoms with Gasteiger partial charge in [0.05, 0.1) is 0 Å². The first-order valence-electron chi connectivity index (χ1n) is 5.18. The first kappa shape index (κ1) is 12.6. The molecule has 0 saturated heterocycles. The molecule has 0 spiro atoms. The molecule has 2 aromatic rings. The summed E-state index contributed by atoms with van der Waals surface area (Å²) in [7, 11) is 1.69. The number of hydrogen-bond donors (Lipinski definition) is 1. The molecule has 0 bridgehead atoms. The molecule has 0 aliphatic rings. The Kier molecular flexibility index (Phi) is 3.34. The average Bonchev–Trinajstić information content (AvgIpc) is 2.32. The van der Waals surface area contributed by atoms with Crippen LogP contribution >= 0.6 is 15.9 Å². The Morgan fingerprint density at radius 3 is 2.39 bits per heavy atom. The second-order valence-electron chi connectivity index (χ2n) is 3.89. The Balaban J connectivity index is 2.68. The molecular weight excluding hydrogens is 298 g/mol. The standard InChI is InChI=1S/C13H10BrNO3/c1-15-6-10(8-2-4-9(14)5-3-8)12(16)11(7-15)13(17)18/h2-7H,1H3,(H,17,18). The molecule has 0 saturated carbocycles. The molecule has 92 valence electrons. The number of benzene rings is 1. The summed E-state index contributed by atoms with van der Waals surface area (Å²) in [5.74, 6) is -1.21. The van der Waals surface area contributed by atoms with Gasteiger partial charge in [0.1, 0.15) is 5.56 Å².